The summed E-state index contributed by atoms with van der Waals surface area (Å²) in [7, 11) is 1.60. The standard InChI is InChI=1S/C11H13N3O2.BrH/c1-15-9-4-2-3-7-5-8(16-10(7)9)6-14-11(12)13;/h2-5H,6H2,1H3,(H4,12,13,14);1H. The third-order valence-electron chi connectivity index (χ3n) is 2.20. The van der Waals surface area contributed by atoms with Gasteiger partial charge in [-0.15, -0.1) is 17.0 Å². The first-order valence-electron chi connectivity index (χ1n) is 4.81. The van der Waals surface area contributed by atoms with Gasteiger partial charge in [0.05, 0.1) is 7.11 Å². The zero-order valence-corrected chi connectivity index (χ0v) is 11.1. The van der Waals surface area contributed by atoms with Crippen LogP contribution in [-0.2, 0) is 6.54 Å². The number of hydrogen-bond donors (Lipinski definition) is 2. The van der Waals surface area contributed by atoms with Crippen molar-refractivity contribution in [3.05, 3.63) is 30.0 Å². The van der Waals surface area contributed by atoms with Gasteiger partial charge in [0.15, 0.2) is 17.3 Å². The van der Waals surface area contributed by atoms with Gasteiger partial charge in [-0.2, -0.15) is 0 Å². The predicted molar refractivity (Wildman–Crippen MR) is 72.6 cm³/mol. The van der Waals surface area contributed by atoms with E-state index in [1.165, 1.54) is 0 Å². The third-order valence-corrected chi connectivity index (χ3v) is 2.20. The lowest BCUT2D eigenvalue weighted by Gasteiger charge is -1.98. The Morgan fingerprint density at radius 2 is 2.18 bits per heavy atom. The van der Waals surface area contributed by atoms with Gasteiger partial charge in [-0.3, -0.25) is 0 Å². The molecule has 6 heteroatoms. The fourth-order valence-corrected chi connectivity index (χ4v) is 1.50. The summed E-state index contributed by atoms with van der Waals surface area (Å²) in [5.41, 5.74) is 11.2. The maximum atomic E-state index is 5.60. The second-order valence-corrected chi connectivity index (χ2v) is 3.33. The quantitative estimate of drug-likeness (QED) is 0.668. The lowest BCUT2D eigenvalue weighted by atomic mass is 10.2. The van der Waals surface area contributed by atoms with Crippen molar-refractivity contribution in [3.8, 4) is 5.75 Å². The largest absolute Gasteiger partial charge is 0.493 e. The van der Waals surface area contributed by atoms with Gasteiger partial charge in [-0.25, -0.2) is 4.99 Å². The number of benzene rings is 1. The Bertz CT molecular complexity index is 532. The molecule has 92 valence electrons. The predicted octanol–water partition coefficient (Wildman–Crippen LogP) is 1.79. The Morgan fingerprint density at radius 1 is 1.41 bits per heavy atom. The van der Waals surface area contributed by atoms with Crippen LogP contribution in [0, 0.1) is 0 Å². The van der Waals surface area contributed by atoms with E-state index in [-0.39, 0.29) is 22.9 Å². The molecule has 4 N–H and O–H groups in total. The summed E-state index contributed by atoms with van der Waals surface area (Å²) < 4.78 is 10.8. The summed E-state index contributed by atoms with van der Waals surface area (Å²) >= 11 is 0. The molecule has 0 radical (unpaired) electrons. The van der Waals surface area contributed by atoms with Gasteiger partial charge in [0.25, 0.3) is 0 Å². The molecule has 1 aromatic heterocycles. The molecule has 0 aliphatic rings. The summed E-state index contributed by atoms with van der Waals surface area (Å²) in [5.74, 6) is 1.45. The van der Waals surface area contributed by atoms with Crippen LogP contribution in [0.2, 0.25) is 0 Å². The molecule has 0 atom stereocenters. The van der Waals surface area contributed by atoms with Crippen LogP contribution in [0.5, 0.6) is 5.75 Å². The van der Waals surface area contributed by atoms with Crippen LogP contribution in [0.25, 0.3) is 11.0 Å². The number of rotatable bonds is 3. The van der Waals surface area contributed by atoms with Crippen LogP contribution in [0.15, 0.2) is 33.7 Å². The highest BCUT2D eigenvalue weighted by Crippen LogP contribution is 2.28. The van der Waals surface area contributed by atoms with E-state index in [1.54, 1.807) is 7.11 Å². The van der Waals surface area contributed by atoms with Crippen molar-refractivity contribution in [2.45, 2.75) is 6.54 Å². The second kappa shape index (κ2) is 5.58. The first-order chi connectivity index (χ1) is 7.70. The lowest BCUT2D eigenvalue weighted by Crippen LogP contribution is -2.22. The van der Waals surface area contributed by atoms with E-state index < -0.39 is 0 Å². The number of methoxy groups -OCH3 is 1. The minimum atomic E-state index is 0. The number of nitrogens with two attached hydrogens (primary N) is 2. The van der Waals surface area contributed by atoms with Gasteiger partial charge in [0.2, 0.25) is 0 Å². The van der Waals surface area contributed by atoms with Crippen LogP contribution in [0.3, 0.4) is 0 Å². The van der Waals surface area contributed by atoms with E-state index in [0.717, 1.165) is 5.39 Å². The van der Waals surface area contributed by atoms with E-state index in [9.17, 15) is 0 Å². The molecule has 0 bridgehead atoms. The highest BCUT2D eigenvalue weighted by molar-refractivity contribution is 8.93. The third kappa shape index (κ3) is 2.91. The fourth-order valence-electron chi connectivity index (χ4n) is 1.50. The molecule has 0 fully saturated rings. The molecule has 0 saturated heterocycles. The van der Waals surface area contributed by atoms with E-state index >= 15 is 0 Å². The number of hydrogen-bond acceptors (Lipinski definition) is 3. The number of ether oxygens (including phenoxy) is 1. The minimum Gasteiger partial charge on any atom is -0.493 e. The van der Waals surface area contributed by atoms with Crippen molar-refractivity contribution >= 4 is 33.9 Å². The zero-order chi connectivity index (χ0) is 11.5. The molecule has 5 nitrogen and oxygen atoms in total. The molecule has 0 aliphatic heterocycles. The average Bonchev–Trinajstić information content (AvgIpc) is 2.68. The molecule has 0 amide bonds. The second-order valence-electron chi connectivity index (χ2n) is 3.33. The number of halogens is 1. The molecule has 0 unspecified atom stereocenters. The van der Waals surface area contributed by atoms with Gasteiger partial charge < -0.3 is 20.6 Å². The van der Waals surface area contributed by atoms with Crippen molar-refractivity contribution in [2.75, 3.05) is 7.11 Å². The Balaban J connectivity index is 0.00000144. The molecule has 0 saturated carbocycles. The molecule has 0 aliphatic carbocycles. The highest BCUT2D eigenvalue weighted by atomic mass is 79.9. The minimum absolute atomic E-state index is 0. The normalized spacial score (nSPS) is 9.71. The van der Waals surface area contributed by atoms with Crippen LogP contribution >= 0.6 is 17.0 Å². The zero-order valence-electron chi connectivity index (χ0n) is 9.34. The summed E-state index contributed by atoms with van der Waals surface area (Å²) in [5, 5.41) is 0.972. The van der Waals surface area contributed by atoms with E-state index in [0.29, 0.717) is 23.6 Å². The fraction of sp³-hybridized carbons (Fsp3) is 0.182. The number of nitrogens with zero attached hydrogens (tertiary/aromatic N) is 1. The van der Waals surface area contributed by atoms with Gasteiger partial charge in [-0.05, 0) is 12.1 Å². The SMILES string of the molecule is Br.COc1cccc2cc(CN=C(N)N)oc12. The molecule has 2 aromatic rings. The molecule has 17 heavy (non-hydrogen) atoms. The summed E-state index contributed by atoms with van der Waals surface area (Å²) in [4.78, 5) is 3.88. The number of fused-ring (bicyclic) bond motifs is 1. The van der Waals surface area contributed by atoms with Gasteiger partial charge in [0, 0.05) is 5.39 Å². The Labute approximate surface area is 109 Å². The first-order valence-corrected chi connectivity index (χ1v) is 4.81. The van der Waals surface area contributed by atoms with Crippen molar-refractivity contribution in [3.63, 3.8) is 0 Å². The number of aliphatic imine (C=N–C) groups is 1. The van der Waals surface area contributed by atoms with Crippen molar-refractivity contribution < 1.29 is 9.15 Å². The topological polar surface area (TPSA) is 86.8 Å². The lowest BCUT2D eigenvalue weighted by molar-refractivity contribution is 0.407. The van der Waals surface area contributed by atoms with Crippen LogP contribution in [0.1, 0.15) is 5.76 Å². The number of para-hydroxylation sites is 1. The summed E-state index contributed by atoms with van der Waals surface area (Å²) in [6.45, 7) is 0.333. The van der Waals surface area contributed by atoms with E-state index in [4.69, 9.17) is 20.6 Å². The van der Waals surface area contributed by atoms with Crippen molar-refractivity contribution in [1.82, 2.24) is 0 Å². The van der Waals surface area contributed by atoms with E-state index in [1.807, 2.05) is 24.3 Å². The Kier molecular flexibility index (Phi) is 4.39. The molecule has 1 aromatic carbocycles. The Morgan fingerprint density at radius 3 is 2.82 bits per heavy atom. The first kappa shape index (κ1) is 13.4. The van der Waals surface area contributed by atoms with Crippen LogP contribution in [0.4, 0.5) is 0 Å². The van der Waals surface area contributed by atoms with Gasteiger partial charge >= 0.3 is 0 Å². The highest BCUT2D eigenvalue weighted by Gasteiger charge is 2.07. The Hall–Kier alpha value is -1.69. The number of furan rings is 1. The molecular weight excluding hydrogens is 286 g/mol. The summed E-state index contributed by atoms with van der Waals surface area (Å²) in [6, 6.07) is 7.59. The van der Waals surface area contributed by atoms with Crippen LogP contribution in [-0.4, -0.2) is 13.1 Å². The van der Waals surface area contributed by atoms with Crippen LogP contribution < -0.4 is 16.2 Å². The molecule has 2 rings (SSSR count). The molecular formula is C11H14BrN3O2. The molecule has 0 spiro atoms. The van der Waals surface area contributed by atoms with Gasteiger partial charge in [0.1, 0.15) is 12.3 Å². The van der Waals surface area contributed by atoms with Crippen molar-refractivity contribution in [1.29, 1.82) is 0 Å². The van der Waals surface area contributed by atoms with E-state index in [2.05, 4.69) is 4.99 Å². The molecule has 1 heterocycles. The average molecular weight is 300 g/mol. The van der Waals surface area contributed by atoms with Gasteiger partial charge in [-0.1, -0.05) is 12.1 Å². The maximum absolute atomic E-state index is 5.60. The smallest absolute Gasteiger partial charge is 0.186 e. The monoisotopic (exact) mass is 299 g/mol. The maximum Gasteiger partial charge on any atom is 0.186 e. The number of guanidine groups is 1. The van der Waals surface area contributed by atoms with Crippen molar-refractivity contribution in [2.24, 2.45) is 16.5 Å². The summed E-state index contributed by atoms with van der Waals surface area (Å²) in [6.07, 6.45) is 0.